The molecule has 1 aliphatic rings. The van der Waals surface area contributed by atoms with Gasteiger partial charge in [0.05, 0.1) is 6.10 Å². The first-order valence-electron chi connectivity index (χ1n) is 8.48. The van der Waals surface area contributed by atoms with Gasteiger partial charge in [0.15, 0.2) is 0 Å². The van der Waals surface area contributed by atoms with Gasteiger partial charge in [0.2, 0.25) is 5.91 Å². The Morgan fingerprint density at radius 2 is 1.79 bits per heavy atom. The van der Waals surface area contributed by atoms with E-state index in [4.69, 9.17) is 4.74 Å². The van der Waals surface area contributed by atoms with Crippen LogP contribution in [0.5, 0.6) is 11.5 Å². The number of aliphatic hydroxyl groups is 1. The molecule has 126 valence electrons. The number of benzene rings is 2. The van der Waals surface area contributed by atoms with E-state index >= 15 is 0 Å². The Morgan fingerprint density at radius 1 is 1.08 bits per heavy atom. The lowest BCUT2D eigenvalue weighted by Gasteiger charge is -2.14. The van der Waals surface area contributed by atoms with Crippen LogP contribution in [0.1, 0.15) is 31.2 Å². The first-order valence-corrected chi connectivity index (χ1v) is 8.48. The Hall–Kier alpha value is -2.33. The molecule has 0 radical (unpaired) electrons. The smallest absolute Gasteiger partial charge is 0.220 e. The largest absolute Gasteiger partial charge is 0.457 e. The zero-order valence-electron chi connectivity index (χ0n) is 13.7. The zero-order chi connectivity index (χ0) is 16.8. The van der Waals surface area contributed by atoms with Crippen LogP contribution in [0.25, 0.3) is 0 Å². The van der Waals surface area contributed by atoms with Gasteiger partial charge in [0, 0.05) is 12.5 Å². The first kappa shape index (κ1) is 16.5. The number of hydrogen-bond donors (Lipinski definition) is 2. The van der Waals surface area contributed by atoms with Crippen molar-refractivity contribution in [3.63, 3.8) is 0 Å². The fourth-order valence-corrected chi connectivity index (χ4v) is 2.98. The second-order valence-corrected chi connectivity index (χ2v) is 6.30. The highest BCUT2D eigenvalue weighted by atomic mass is 16.5. The van der Waals surface area contributed by atoms with Crippen LogP contribution in [-0.4, -0.2) is 23.2 Å². The fraction of sp³-hybridized carbons (Fsp3) is 0.350. The lowest BCUT2D eigenvalue weighted by molar-refractivity contribution is -0.119. The number of nitrogens with one attached hydrogen (secondary N) is 1. The number of amides is 1. The summed E-state index contributed by atoms with van der Waals surface area (Å²) in [6.45, 7) is 0. The number of aliphatic hydroxyl groups excluding tert-OH is 1. The van der Waals surface area contributed by atoms with E-state index < -0.39 is 0 Å². The van der Waals surface area contributed by atoms with Crippen molar-refractivity contribution < 1.29 is 14.6 Å². The number of carbonyl (C=O) groups excluding carboxylic acids is 1. The van der Waals surface area contributed by atoms with Gasteiger partial charge in [-0.05, 0) is 55.5 Å². The molecule has 2 atom stereocenters. The van der Waals surface area contributed by atoms with E-state index in [0.29, 0.717) is 19.3 Å². The summed E-state index contributed by atoms with van der Waals surface area (Å²) >= 11 is 0. The summed E-state index contributed by atoms with van der Waals surface area (Å²) in [5.41, 5.74) is 1.08. The number of ether oxygens (including phenoxy) is 1. The van der Waals surface area contributed by atoms with E-state index in [2.05, 4.69) is 5.32 Å². The Bertz CT molecular complexity index is 654. The van der Waals surface area contributed by atoms with Crippen LogP contribution in [0.4, 0.5) is 0 Å². The Balaban J connectivity index is 1.46. The number of para-hydroxylation sites is 1. The van der Waals surface area contributed by atoms with Crippen LogP contribution < -0.4 is 10.1 Å². The highest BCUT2D eigenvalue weighted by molar-refractivity contribution is 5.78. The molecule has 3 rings (SSSR count). The molecule has 0 saturated carbocycles. The van der Waals surface area contributed by atoms with Gasteiger partial charge in [-0.2, -0.15) is 0 Å². The number of hydrogen-bond acceptors (Lipinski definition) is 3. The number of carbonyl (C=O) groups is 1. The third-order valence-corrected chi connectivity index (χ3v) is 4.31. The summed E-state index contributed by atoms with van der Waals surface area (Å²) in [6.07, 6.45) is 3.27. The third-order valence-electron chi connectivity index (χ3n) is 4.31. The van der Waals surface area contributed by atoms with Crippen LogP contribution in [-0.2, 0) is 11.2 Å². The summed E-state index contributed by atoms with van der Waals surface area (Å²) in [5, 5.41) is 13.1. The van der Waals surface area contributed by atoms with Crippen molar-refractivity contribution in [3.8, 4) is 11.5 Å². The van der Waals surface area contributed by atoms with Crippen molar-refractivity contribution in [1.82, 2.24) is 5.32 Å². The van der Waals surface area contributed by atoms with Gasteiger partial charge < -0.3 is 15.2 Å². The van der Waals surface area contributed by atoms with E-state index in [9.17, 15) is 9.90 Å². The molecule has 1 saturated heterocycles. The molecule has 1 fully saturated rings. The second kappa shape index (κ2) is 7.97. The monoisotopic (exact) mass is 325 g/mol. The van der Waals surface area contributed by atoms with Crippen molar-refractivity contribution in [2.75, 3.05) is 0 Å². The molecular formula is C20H23NO3. The van der Waals surface area contributed by atoms with E-state index in [-0.39, 0.29) is 18.1 Å². The molecule has 0 aliphatic carbocycles. The molecule has 1 heterocycles. The van der Waals surface area contributed by atoms with Gasteiger partial charge >= 0.3 is 0 Å². The van der Waals surface area contributed by atoms with Crippen LogP contribution in [0, 0.1) is 0 Å². The van der Waals surface area contributed by atoms with Gasteiger partial charge in [0.25, 0.3) is 0 Å². The summed E-state index contributed by atoms with van der Waals surface area (Å²) in [4.78, 5) is 11.2. The molecule has 2 aromatic carbocycles. The van der Waals surface area contributed by atoms with E-state index in [1.807, 2.05) is 54.6 Å². The standard InChI is InChI=1S/C20H23NO3/c22-17(10-8-16-9-13-20(23)21-16)14-15-6-11-19(12-7-15)24-18-4-2-1-3-5-18/h1-7,11-12,16-17,22H,8-10,13-14H2,(H,21,23). The summed E-state index contributed by atoms with van der Waals surface area (Å²) in [6, 6.07) is 17.7. The Kier molecular flexibility index (Phi) is 5.49. The van der Waals surface area contributed by atoms with Crippen molar-refractivity contribution in [3.05, 3.63) is 60.2 Å². The van der Waals surface area contributed by atoms with Gasteiger partial charge in [-0.1, -0.05) is 30.3 Å². The summed E-state index contributed by atoms with van der Waals surface area (Å²) in [5.74, 6) is 1.72. The average Bonchev–Trinajstić information content (AvgIpc) is 3.01. The highest BCUT2D eigenvalue weighted by Crippen LogP contribution is 2.22. The van der Waals surface area contributed by atoms with Crippen molar-refractivity contribution >= 4 is 5.91 Å². The second-order valence-electron chi connectivity index (χ2n) is 6.30. The molecule has 0 aromatic heterocycles. The normalized spacial score (nSPS) is 18.2. The van der Waals surface area contributed by atoms with Gasteiger partial charge in [-0.3, -0.25) is 4.79 Å². The van der Waals surface area contributed by atoms with E-state index in [1.54, 1.807) is 0 Å². The summed E-state index contributed by atoms with van der Waals surface area (Å²) < 4.78 is 5.76. The number of rotatable bonds is 7. The summed E-state index contributed by atoms with van der Waals surface area (Å²) in [7, 11) is 0. The minimum absolute atomic E-state index is 0.128. The quantitative estimate of drug-likeness (QED) is 0.820. The van der Waals surface area contributed by atoms with Crippen LogP contribution in [0.2, 0.25) is 0 Å². The molecule has 0 bridgehead atoms. The topological polar surface area (TPSA) is 58.6 Å². The first-order chi connectivity index (χ1) is 11.7. The van der Waals surface area contributed by atoms with Crippen molar-refractivity contribution in [2.45, 2.75) is 44.2 Å². The van der Waals surface area contributed by atoms with Crippen LogP contribution in [0.3, 0.4) is 0 Å². The minimum atomic E-state index is -0.386. The Morgan fingerprint density at radius 3 is 2.46 bits per heavy atom. The average molecular weight is 325 g/mol. The predicted molar refractivity (Wildman–Crippen MR) is 93.1 cm³/mol. The van der Waals surface area contributed by atoms with E-state index in [1.165, 1.54) is 0 Å². The highest BCUT2D eigenvalue weighted by Gasteiger charge is 2.21. The molecule has 2 unspecified atom stereocenters. The molecule has 2 N–H and O–H groups in total. The van der Waals surface area contributed by atoms with Gasteiger partial charge in [-0.15, -0.1) is 0 Å². The minimum Gasteiger partial charge on any atom is -0.457 e. The molecule has 1 aliphatic heterocycles. The lowest BCUT2D eigenvalue weighted by Crippen LogP contribution is -2.26. The fourth-order valence-electron chi connectivity index (χ4n) is 2.98. The third kappa shape index (κ3) is 4.83. The predicted octanol–water partition coefficient (Wildman–Crippen LogP) is 3.44. The SMILES string of the molecule is O=C1CCC(CCC(O)Cc2ccc(Oc3ccccc3)cc2)N1. The van der Waals surface area contributed by atoms with Gasteiger partial charge in [0.1, 0.15) is 11.5 Å². The van der Waals surface area contributed by atoms with E-state index in [0.717, 1.165) is 29.9 Å². The molecule has 1 amide bonds. The van der Waals surface area contributed by atoms with Crippen LogP contribution in [0.15, 0.2) is 54.6 Å². The molecule has 2 aromatic rings. The molecule has 4 heteroatoms. The lowest BCUT2D eigenvalue weighted by atomic mass is 10.0. The van der Waals surface area contributed by atoms with Gasteiger partial charge in [-0.25, -0.2) is 0 Å². The maximum absolute atomic E-state index is 11.2. The molecule has 24 heavy (non-hydrogen) atoms. The van der Waals surface area contributed by atoms with Crippen molar-refractivity contribution in [1.29, 1.82) is 0 Å². The maximum atomic E-state index is 11.2. The maximum Gasteiger partial charge on any atom is 0.220 e. The Labute approximate surface area is 142 Å². The van der Waals surface area contributed by atoms with Crippen LogP contribution >= 0.6 is 0 Å². The molecule has 4 nitrogen and oxygen atoms in total. The molecule has 0 spiro atoms. The zero-order valence-corrected chi connectivity index (χ0v) is 13.7. The van der Waals surface area contributed by atoms with Crippen molar-refractivity contribution in [2.24, 2.45) is 0 Å². The molecular weight excluding hydrogens is 302 g/mol.